The number of anilines is 2. The van der Waals surface area contributed by atoms with E-state index in [0.29, 0.717) is 39.1 Å². The van der Waals surface area contributed by atoms with Gasteiger partial charge in [-0.15, -0.1) is 11.3 Å². The van der Waals surface area contributed by atoms with Crippen molar-refractivity contribution in [1.29, 1.82) is 0 Å². The molecule has 0 saturated heterocycles. The van der Waals surface area contributed by atoms with Crippen molar-refractivity contribution >= 4 is 62.4 Å². The first-order valence-corrected chi connectivity index (χ1v) is 11.3. The van der Waals surface area contributed by atoms with Gasteiger partial charge in [-0.25, -0.2) is 8.42 Å². The predicted octanol–water partition coefficient (Wildman–Crippen LogP) is 5.02. The summed E-state index contributed by atoms with van der Waals surface area (Å²) in [6.45, 7) is 3.48. The fourth-order valence-corrected chi connectivity index (χ4v) is 4.74. The summed E-state index contributed by atoms with van der Waals surface area (Å²) in [7, 11) is -3.71. The van der Waals surface area contributed by atoms with Gasteiger partial charge in [-0.1, -0.05) is 23.7 Å². The lowest BCUT2D eigenvalue weighted by Crippen LogP contribution is -2.11. The predicted molar refractivity (Wildman–Crippen MR) is 116 cm³/mol. The fourth-order valence-electron chi connectivity index (χ4n) is 2.33. The van der Waals surface area contributed by atoms with Crippen LogP contribution in [0.15, 0.2) is 45.1 Å². The summed E-state index contributed by atoms with van der Waals surface area (Å²) in [5.41, 5.74) is 1.49. The second kappa shape index (κ2) is 8.81. The number of nitrogens with zero attached hydrogens (tertiary/aromatic N) is 1. The maximum atomic E-state index is 12.6. The van der Waals surface area contributed by atoms with E-state index in [9.17, 15) is 13.2 Å². The van der Waals surface area contributed by atoms with E-state index in [1.54, 1.807) is 56.3 Å². The first kappa shape index (κ1) is 21.1. The topological polar surface area (TPSA) is 101 Å². The molecule has 29 heavy (non-hydrogen) atoms. The van der Waals surface area contributed by atoms with E-state index in [2.05, 4.69) is 15.2 Å². The minimum atomic E-state index is -3.71. The second-order valence-corrected chi connectivity index (χ2v) is 9.47. The van der Waals surface area contributed by atoms with E-state index in [0.717, 1.165) is 11.3 Å². The summed E-state index contributed by atoms with van der Waals surface area (Å²) in [5.74, 6) is 0.241. The molecule has 7 nitrogen and oxygen atoms in total. The minimum absolute atomic E-state index is 0.149. The first-order chi connectivity index (χ1) is 13.8. The van der Waals surface area contributed by atoms with Crippen LogP contribution in [0.4, 0.5) is 11.4 Å². The highest BCUT2D eigenvalue weighted by Gasteiger charge is 2.17. The third-order valence-corrected chi connectivity index (χ3v) is 7.01. The lowest BCUT2D eigenvalue weighted by atomic mass is 10.2. The Morgan fingerprint density at radius 1 is 1.21 bits per heavy atom. The number of thiophene rings is 1. The third kappa shape index (κ3) is 5.26. The second-order valence-electron chi connectivity index (χ2n) is 6.01. The molecule has 0 spiro atoms. The largest absolute Gasteiger partial charge is 0.354 e. The molecule has 10 heteroatoms. The molecule has 0 radical (unpaired) electrons. The third-order valence-electron chi connectivity index (χ3n) is 3.84. The van der Waals surface area contributed by atoms with E-state index in [1.165, 1.54) is 6.07 Å². The van der Waals surface area contributed by atoms with Crippen molar-refractivity contribution in [1.82, 2.24) is 5.16 Å². The van der Waals surface area contributed by atoms with Crippen molar-refractivity contribution < 1.29 is 17.7 Å². The van der Waals surface area contributed by atoms with E-state index in [-0.39, 0.29) is 10.1 Å². The van der Waals surface area contributed by atoms with Gasteiger partial charge in [-0.2, -0.15) is 0 Å². The van der Waals surface area contributed by atoms with Gasteiger partial charge in [0, 0.05) is 22.0 Å². The molecule has 1 amide bonds. The van der Waals surface area contributed by atoms with Crippen molar-refractivity contribution in [2.45, 2.75) is 24.5 Å². The number of carbonyl (C=O) groups is 1. The minimum Gasteiger partial charge on any atom is -0.354 e. The van der Waals surface area contributed by atoms with Crippen LogP contribution in [0.3, 0.4) is 0 Å². The maximum absolute atomic E-state index is 12.6. The Kier molecular flexibility index (Phi) is 6.41. The highest BCUT2D eigenvalue weighted by molar-refractivity contribution is 7.94. The number of halogens is 1. The van der Waals surface area contributed by atoms with Crippen molar-refractivity contribution in [2.24, 2.45) is 0 Å². The van der Waals surface area contributed by atoms with Crippen LogP contribution in [0.1, 0.15) is 29.7 Å². The number of rotatable bonds is 7. The van der Waals surface area contributed by atoms with Crippen molar-refractivity contribution in [3.8, 4) is 0 Å². The van der Waals surface area contributed by atoms with Crippen LogP contribution in [0.25, 0.3) is 12.2 Å². The number of aryl methyl sites for hydroxylation is 1. The zero-order valence-electron chi connectivity index (χ0n) is 15.6. The number of sulfonamides is 1. The molecular weight excluding hydrogens is 434 g/mol. The summed E-state index contributed by atoms with van der Waals surface area (Å²) < 4.78 is 33.0. The molecule has 0 atom stereocenters. The standard InChI is InChI=1S/C19H18ClN3O4S2/c1-3-17(24)21-19-12(2)22-27-16(19)10-8-15-9-11-18(28-15)29(25,26)23-14-6-4-13(20)5-7-14/h4-11,23H,3H2,1-2H3,(H,21,24)/b10-8+. The van der Waals surface area contributed by atoms with Gasteiger partial charge < -0.3 is 9.84 Å². The molecule has 0 aliphatic rings. The number of nitrogens with one attached hydrogen (secondary N) is 2. The molecule has 3 rings (SSSR count). The lowest BCUT2D eigenvalue weighted by molar-refractivity contribution is -0.115. The van der Waals surface area contributed by atoms with Crippen LogP contribution in [-0.4, -0.2) is 19.5 Å². The van der Waals surface area contributed by atoms with Gasteiger partial charge >= 0.3 is 0 Å². The number of aromatic nitrogens is 1. The Bertz CT molecular complexity index is 1150. The molecule has 0 fully saturated rings. The Morgan fingerprint density at radius 3 is 2.62 bits per heavy atom. The van der Waals surface area contributed by atoms with Crippen LogP contribution in [0.5, 0.6) is 0 Å². The van der Waals surface area contributed by atoms with Gasteiger partial charge in [-0.3, -0.25) is 9.52 Å². The molecule has 0 bridgehead atoms. The Morgan fingerprint density at radius 2 is 1.93 bits per heavy atom. The van der Waals surface area contributed by atoms with E-state index >= 15 is 0 Å². The van der Waals surface area contributed by atoms with Gasteiger partial charge in [0.15, 0.2) is 5.76 Å². The number of hydrogen-bond donors (Lipinski definition) is 2. The van der Waals surface area contributed by atoms with Crippen molar-refractivity contribution in [3.63, 3.8) is 0 Å². The number of carbonyl (C=O) groups excluding carboxylic acids is 1. The van der Waals surface area contributed by atoms with Crippen LogP contribution in [-0.2, 0) is 14.8 Å². The van der Waals surface area contributed by atoms with Crippen molar-refractivity contribution in [2.75, 3.05) is 10.0 Å². The molecule has 152 valence electrons. The number of hydrogen-bond acceptors (Lipinski definition) is 6. The van der Waals surface area contributed by atoms with Gasteiger partial charge in [0.2, 0.25) is 5.91 Å². The SMILES string of the molecule is CCC(=O)Nc1c(C)noc1/C=C/c1ccc(S(=O)(=O)Nc2ccc(Cl)cc2)s1. The quantitative estimate of drug-likeness (QED) is 0.525. The monoisotopic (exact) mass is 451 g/mol. The van der Waals surface area contributed by atoms with Crippen LogP contribution in [0.2, 0.25) is 5.02 Å². The van der Waals surface area contributed by atoms with Gasteiger partial charge in [-0.05, 0) is 55.5 Å². The van der Waals surface area contributed by atoms with Crippen LogP contribution >= 0.6 is 22.9 Å². The lowest BCUT2D eigenvalue weighted by Gasteiger charge is -2.05. The molecule has 1 aromatic carbocycles. The average molecular weight is 452 g/mol. The summed E-state index contributed by atoms with van der Waals surface area (Å²) >= 11 is 6.92. The normalized spacial score (nSPS) is 11.7. The molecule has 0 unspecified atom stereocenters. The molecule has 0 aliphatic carbocycles. The smallest absolute Gasteiger partial charge is 0.271 e. The number of benzene rings is 1. The molecule has 2 N–H and O–H groups in total. The zero-order valence-corrected chi connectivity index (χ0v) is 18.0. The molecule has 2 heterocycles. The van der Waals surface area contributed by atoms with Crippen LogP contribution in [0, 0.1) is 6.92 Å². The Labute approximate surface area is 177 Å². The van der Waals surface area contributed by atoms with Gasteiger partial charge in [0.05, 0.1) is 0 Å². The maximum Gasteiger partial charge on any atom is 0.271 e. The molecule has 2 aromatic heterocycles. The van der Waals surface area contributed by atoms with Crippen LogP contribution < -0.4 is 10.0 Å². The van der Waals surface area contributed by atoms with E-state index in [1.807, 2.05) is 0 Å². The summed E-state index contributed by atoms with van der Waals surface area (Å²) in [6.07, 6.45) is 3.67. The summed E-state index contributed by atoms with van der Waals surface area (Å²) in [5, 5.41) is 7.13. The fraction of sp³-hybridized carbons (Fsp3) is 0.158. The Hall–Kier alpha value is -2.62. The van der Waals surface area contributed by atoms with Crippen molar-refractivity contribution in [3.05, 3.63) is 57.8 Å². The summed E-state index contributed by atoms with van der Waals surface area (Å²) in [4.78, 5) is 12.4. The molecule has 3 aromatic rings. The molecular formula is C19H18ClN3O4S2. The first-order valence-electron chi connectivity index (χ1n) is 8.61. The summed E-state index contributed by atoms with van der Waals surface area (Å²) in [6, 6.07) is 9.60. The molecule has 0 saturated carbocycles. The highest BCUT2D eigenvalue weighted by atomic mass is 35.5. The van der Waals surface area contributed by atoms with Gasteiger partial charge in [0.1, 0.15) is 15.6 Å². The van der Waals surface area contributed by atoms with Gasteiger partial charge in [0.25, 0.3) is 10.0 Å². The molecule has 0 aliphatic heterocycles. The number of amides is 1. The van der Waals surface area contributed by atoms with E-state index in [4.69, 9.17) is 16.1 Å². The highest BCUT2D eigenvalue weighted by Crippen LogP contribution is 2.28. The average Bonchev–Trinajstić information content (AvgIpc) is 3.30. The zero-order chi connectivity index (χ0) is 21.0. The van der Waals surface area contributed by atoms with E-state index < -0.39 is 10.0 Å². The Balaban J connectivity index is 1.76.